The van der Waals surface area contributed by atoms with Crippen molar-refractivity contribution in [1.82, 2.24) is 4.90 Å². The van der Waals surface area contributed by atoms with Gasteiger partial charge in [0, 0.05) is 32.4 Å². The molecule has 6 nitrogen and oxygen atoms in total. The van der Waals surface area contributed by atoms with Gasteiger partial charge in [0.05, 0.1) is 17.7 Å². The minimum absolute atomic E-state index is 0.108. The number of esters is 1. The number of hydrogen-bond donors (Lipinski definition) is 0. The van der Waals surface area contributed by atoms with Gasteiger partial charge < -0.3 is 14.5 Å². The lowest BCUT2D eigenvalue weighted by atomic mass is 9.73. The molecule has 0 spiro atoms. The van der Waals surface area contributed by atoms with E-state index in [4.69, 9.17) is 9.57 Å². The first-order chi connectivity index (χ1) is 13.5. The molecule has 7 heteroatoms. The average molecular weight is 390 g/mol. The van der Waals surface area contributed by atoms with Crippen LogP contribution in [0.5, 0.6) is 0 Å². The highest BCUT2D eigenvalue weighted by Crippen LogP contribution is 2.40. The lowest BCUT2D eigenvalue weighted by molar-refractivity contribution is -0.163. The fraction of sp³-hybridized carbons (Fsp3) is 0.571. The van der Waals surface area contributed by atoms with E-state index in [0.29, 0.717) is 51.8 Å². The quantitative estimate of drug-likeness (QED) is 0.699. The number of benzene rings is 1. The largest absolute Gasteiger partial charge is 0.466 e. The Bertz CT molecular complexity index is 739. The predicted molar refractivity (Wildman–Crippen MR) is 102 cm³/mol. The van der Waals surface area contributed by atoms with Gasteiger partial charge in [-0.25, -0.2) is 4.39 Å². The summed E-state index contributed by atoms with van der Waals surface area (Å²) in [5, 5.41) is 4.15. The molecule has 0 radical (unpaired) electrons. The number of carbonyl (C=O) groups is 2. The van der Waals surface area contributed by atoms with Crippen molar-refractivity contribution in [3.63, 3.8) is 0 Å². The summed E-state index contributed by atoms with van der Waals surface area (Å²) in [5.41, 5.74) is 0.902. The number of likely N-dealkylation sites (tertiary alicyclic amines) is 1. The molecule has 1 atom stereocenters. The van der Waals surface area contributed by atoms with Gasteiger partial charge in [-0.15, -0.1) is 0 Å². The molecule has 1 saturated heterocycles. The first-order valence-electron chi connectivity index (χ1n) is 9.91. The molecule has 1 aromatic carbocycles. The van der Waals surface area contributed by atoms with Gasteiger partial charge in [0.1, 0.15) is 11.9 Å². The van der Waals surface area contributed by atoms with Crippen LogP contribution in [-0.4, -0.2) is 48.3 Å². The van der Waals surface area contributed by atoms with Gasteiger partial charge in [-0.2, -0.15) is 0 Å². The van der Waals surface area contributed by atoms with Crippen molar-refractivity contribution in [1.29, 1.82) is 0 Å². The molecule has 1 aromatic rings. The van der Waals surface area contributed by atoms with Gasteiger partial charge >= 0.3 is 5.97 Å². The average Bonchev–Trinajstić information content (AvgIpc) is 3.17. The molecule has 0 N–H and O–H groups in total. The van der Waals surface area contributed by atoms with Crippen LogP contribution < -0.4 is 0 Å². The van der Waals surface area contributed by atoms with E-state index in [1.807, 2.05) is 11.8 Å². The maximum Gasteiger partial charge on any atom is 0.312 e. The van der Waals surface area contributed by atoms with Crippen molar-refractivity contribution in [3.05, 3.63) is 35.6 Å². The second-order valence-corrected chi connectivity index (χ2v) is 7.42. The van der Waals surface area contributed by atoms with E-state index in [2.05, 4.69) is 5.16 Å². The molecule has 1 unspecified atom stereocenters. The Kier molecular flexibility index (Phi) is 6.31. The molecule has 0 saturated carbocycles. The molecule has 2 aliphatic rings. The fourth-order valence-electron chi connectivity index (χ4n) is 3.97. The number of piperidine rings is 1. The number of carbonyl (C=O) groups excluding carboxylic acids is 2. The Balaban J connectivity index is 1.67. The second kappa shape index (κ2) is 8.71. The fourth-order valence-corrected chi connectivity index (χ4v) is 3.97. The van der Waals surface area contributed by atoms with Crippen molar-refractivity contribution < 1.29 is 23.6 Å². The number of ether oxygens (including phenoxy) is 1. The smallest absolute Gasteiger partial charge is 0.312 e. The van der Waals surface area contributed by atoms with Crippen LogP contribution in [0.2, 0.25) is 0 Å². The van der Waals surface area contributed by atoms with Gasteiger partial charge in [0.15, 0.2) is 0 Å². The van der Waals surface area contributed by atoms with Crippen LogP contribution in [0.3, 0.4) is 0 Å². The Labute approximate surface area is 164 Å². The van der Waals surface area contributed by atoms with E-state index < -0.39 is 5.41 Å². The van der Waals surface area contributed by atoms with Gasteiger partial charge in [0.2, 0.25) is 5.91 Å². The first-order valence-corrected chi connectivity index (χ1v) is 9.91. The number of halogens is 1. The lowest BCUT2D eigenvalue weighted by Gasteiger charge is -2.40. The molecule has 2 heterocycles. The third-order valence-corrected chi connectivity index (χ3v) is 5.61. The molecule has 28 heavy (non-hydrogen) atoms. The summed E-state index contributed by atoms with van der Waals surface area (Å²) < 4.78 is 18.5. The van der Waals surface area contributed by atoms with Crippen molar-refractivity contribution in [2.75, 3.05) is 19.7 Å². The van der Waals surface area contributed by atoms with E-state index in [9.17, 15) is 14.0 Å². The summed E-state index contributed by atoms with van der Waals surface area (Å²) in [4.78, 5) is 32.2. The van der Waals surface area contributed by atoms with Gasteiger partial charge in [0.25, 0.3) is 0 Å². The Morgan fingerprint density at radius 2 is 1.93 bits per heavy atom. The minimum atomic E-state index is -0.668. The third kappa shape index (κ3) is 4.34. The summed E-state index contributed by atoms with van der Waals surface area (Å²) in [6, 6.07) is 6.14. The van der Waals surface area contributed by atoms with E-state index in [-0.39, 0.29) is 23.8 Å². The Hall–Kier alpha value is -2.44. The van der Waals surface area contributed by atoms with E-state index >= 15 is 0 Å². The molecule has 3 rings (SSSR count). The number of amides is 1. The molecule has 1 fully saturated rings. The zero-order valence-electron chi connectivity index (χ0n) is 16.4. The summed E-state index contributed by atoms with van der Waals surface area (Å²) in [5.74, 6) is -0.414. The van der Waals surface area contributed by atoms with Crippen LogP contribution >= 0.6 is 0 Å². The van der Waals surface area contributed by atoms with E-state index in [0.717, 1.165) is 11.3 Å². The van der Waals surface area contributed by atoms with Crippen molar-refractivity contribution >= 4 is 17.6 Å². The predicted octanol–water partition coefficient (Wildman–Crippen LogP) is 3.29. The zero-order valence-corrected chi connectivity index (χ0v) is 16.4. The van der Waals surface area contributed by atoms with Crippen LogP contribution in [0, 0.1) is 11.2 Å². The van der Waals surface area contributed by atoms with Gasteiger partial charge in [-0.3, -0.25) is 9.59 Å². The lowest BCUT2D eigenvalue weighted by Crippen LogP contribution is -2.48. The standard InChI is InChI=1S/C21H27FN2O4/c1-3-19(25)24-11-9-21(10-12-24,20(26)27-4-2)14-17-13-18(23-28-17)15-5-7-16(22)8-6-15/h5-8,17H,3-4,9-14H2,1-2H3. The SMILES string of the molecule is CCOC(=O)C1(CC2CC(c3ccc(F)cc3)=NO2)CCN(C(=O)CC)CC1. The van der Waals surface area contributed by atoms with Gasteiger partial charge in [-0.05, 0) is 37.5 Å². The molecular weight excluding hydrogens is 363 g/mol. The number of nitrogens with zero attached hydrogens (tertiary/aromatic N) is 2. The summed E-state index contributed by atoms with van der Waals surface area (Å²) in [7, 11) is 0. The Morgan fingerprint density at radius 3 is 2.54 bits per heavy atom. The molecule has 0 bridgehead atoms. The molecular formula is C21H27FN2O4. The maximum absolute atomic E-state index is 13.1. The number of hydrogen-bond acceptors (Lipinski definition) is 5. The summed E-state index contributed by atoms with van der Waals surface area (Å²) >= 11 is 0. The van der Waals surface area contributed by atoms with Crippen LogP contribution in [0.25, 0.3) is 0 Å². The molecule has 0 aromatic heterocycles. The van der Waals surface area contributed by atoms with Crippen LogP contribution in [0.4, 0.5) is 4.39 Å². The van der Waals surface area contributed by atoms with Crippen LogP contribution in [0.15, 0.2) is 29.4 Å². The van der Waals surface area contributed by atoms with Crippen molar-refractivity contribution in [2.24, 2.45) is 10.6 Å². The zero-order chi connectivity index (χ0) is 20.1. The van der Waals surface area contributed by atoms with Crippen LogP contribution in [-0.2, 0) is 19.2 Å². The molecule has 1 amide bonds. The van der Waals surface area contributed by atoms with Gasteiger partial charge in [-0.1, -0.05) is 24.2 Å². The van der Waals surface area contributed by atoms with Crippen molar-refractivity contribution in [3.8, 4) is 0 Å². The monoisotopic (exact) mass is 390 g/mol. The third-order valence-electron chi connectivity index (χ3n) is 5.61. The normalized spacial score (nSPS) is 21.0. The number of oxime groups is 1. The van der Waals surface area contributed by atoms with Crippen LogP contribution in [0.1, 0.15) is 51.5 Å². The minimum Gasteiger partial charge on any atom is -0.466 e. The van der Waals surface area contributed by atoms with E-state index in [1.54, 1.807) is 19.1 Å². The highest BCUT2D eigenvalue weighted by molar-refractivity contribution is 6.01. The number of rotatable bonds is 6. The summed E-state index contributed by atoms with van der Waals surface area (Å²) in [6.07, 6.45) is 2.40. The Morgan fingerprint density at radius 1 is 1.25 bits per heavy atom. The van der Waals surface area contributed by atoms with Crippen molar-refractivity contribution in [2.45, 2.75) is 52.1 Å². The maximum atomic E-state index is 13.1. The highest BCUT2D eigenvalue weighted by atomic mass is 19.1. The highest BCUT2D eigenvalue weighted by Gasteiger charge is 2.46. The molecule has 152 valence electrons. The molecule has 0 aliphatic carbocycles. The first kappa shape index (κ1) is 20.3. The molecule has 2 aliphatic heterocycles. The topological polar surface area (TPSA) is 68.2 Å². The summed E-state index contributed by atoms with van der Waals surface area (Å²) in [6.45, 7) is 5.05. The second-order valence-electron chi connectivity index (χ2n) is 7.42. The van der Waals surface area contributed by atoms with E-state index in [1.165, 1.54) is 12.1 Å².